The van der Waals surface area contributed by atoms with Crippen molar-refractivity contribution in [2.75, 3.05) is 38.1 Å². The minimum Gasteiger partial charge on any atom is -0.369 e. The van der Waals surface area contributed by atoms with Crippen molar-refractivity contribution in [1.82, 2.24) is 4.90 Å². The molecule has 0 unspecified atom stereocenters. The monoisotopic (exact) mass is 245 g/mol. The van der Waals surface area contributed by atoms with Crippen LogP contribution in [0.15, 0.2) is 24.3 Å². The molecule has 0 bridgehead atoms. The molecule has 1 aliphatic heterocycles. The van der Waals surface area contributed by atoms with Gasteiger partial charge in [-0.05, 0) is 37.4 Å². The van der Waals surface area contributed by atoms with Gasteiger partial charge in [0.2, 0.25) is 0 Å². The lowest BCUT2D eigenvalue weighted by molar-refractivity contribution is 0.312. The Bertz CT molecular complexity index is 406. The number of hydrogen-bond donors (Lipinski definition) is 1. The average molecular weight is 245 g/mol. The molecule has 18 heavy (non-hydrogen) atoms. The van der Waals surface area contributed by atoms with Crippen LogP contribution in [0.25, 0.3) is 0 Å². The van der Waals surface area contributed by atoms with Gasteiger partial charge in [0.25, 0.3) is 0 Å². The van der Waals surface area contributed by atoms with E-state index in [0.717, 1.165) is 32.1 Å². The van der Waals surface area contributed by atoms with Crippen molar-refractivity contribution in [2.24, 2.45) is 11.7 Å². The molecule has 2 aliphatic rings. The minimum atomic E-state index is 0.237. The number of anilines is 1. The van der Waals surface area contributed by atoms with Crippen LogP contribution in [0.2, 0.25) is 0 Å². The fourth-order valence-corrected chi connectivity index (χ4v) is 2.81. The molecular weight excluding hydrogens is 222 g/mol. The van der Waals surface area contributed by atoms with Gasteiger partial charge in [-0.15, -0.1) is 0 Å². The summed E-state index contributed by atoms with van der Waals surface area (Å²) >= 11 is 0. The molecule has 1 saturated carbocycles. The molecular formula is C15H23N3. The van der Waals surface area contributed by atoms with Crippen molar-refractivity contribution in [3.05, 3.63) is 29.8 Å². The van der Waals surface area contributed by atoms with E-state index in [1.54, 1.807) is 0 Å². The molecule has 1 atom stereocenters. The third-order valence-corrected chi connectivity index (χ3v) is 4.27. The molecule has 1 aliphatic carbocycles. The number of para-hydroxylation sites is 1. The molecule has 0 radical (unpaired) electrons. The van der Waals surface area contributed by atoms with Crippen molar-refractivity contribution in [1.29, 1.82) is 0 Å². The number of rotatable bonds is 3. The quantitative estimate of drug-likeness (QED) is 0.882. The van der Waals surface area contributed by atoms with E-state index in [9.17, 15) is 0 Å². The minimum absolute atomic E-state index is 0.237. The van der Waals surface area contributed by atoms with Crippen molar-refractivity contribution < 1.29 is 0 Å². The zero-order valence-corrected chi connectivity index (χ0v) is 11.2. The van der Waals surface area contributed by atoms with Crippen LogP contribution < -0.4 is 10.6 Å². The summed E-state index contributed by atoms with van der Waals surface area (Å²) in [6.45, 7) is 4.52. The largest absolute Gasteiger partial charge is 0.369 e. The Balaban J connectivity index is 1.82. The summed E-state index contributed by atoms with van der Waals surface area (Å²) in [5, 5.41) is 0. The second kappa shape index (κ2) is 4.90. The first-order valence-electron chi connectivity index (χ1n) is 7.03. The predicted molar refractivity (Wildman–Crippen MR) is 75.8 cm³/mol. The van der Waals surface area contributed by atoms with Gasteiger partial charge in [0, 0.05) is 37.9 Å². The molecule has 0 aromatic heterocycles. The molecule has 1 aromatic carbocycles. The molecule has 3 nitrogen and oxygen atoms in total. The van der Waals surface area contributed by atoms with E-state index >= 15 is 0 Å². The van der Waals surface area contributed by atoms with Crippen LogP contribution in [0.4, 0.5) is 5.69 Å². The molecule has 0 amide bonds. The maximum atomic E-state index is 6.40. The summed E-state index contributed by atoms with van der Waals surface area (Å²) in [7, 11) is 2.19. The number of nitrogens with two attached hydrogens (primary N) is 1. The number of piperazine rings is 1. The van der Waals surface area contributed by atoms with Crippen LogP contribution in [-0.2, 0) is 0 Å². The summed E-state index contributed by atoms with van der Waals surface area (Å²) in [6.07, 6.45) is 2.61. The Morgan fingerprint density at radius 1 is 1.11 bits per heavy atom. The summed E-state index contributed by atoms with van der Waals surface area (Å²) < 4.78 is 0. The van der Waals surface area contributed by atoms with Gasteiger partial charge in [-0.25, -0.2) is 0 Å². The first-order valence-corrected chi connectivity index (χ1v) is 7.03. The number of nitrogens with zero attached hydrogens (tertiary/aromatic N) is 2. The normalized spacial score (nSPS) is 23.1. The topological polar surface area (TPSA) is 32.5 Å². The Hall–Kier alpha value is -1.06. The van der Waals surface area contributed by atoms with Gasteiger partial charge in [0.1, 0.15) is 0 Å². The predicted octanol–water partition coefficient (Wildman–Crippen LogP) is 1.85. The van der Waals surface area contributed by atoms with Crippen LogP contribution in [0.5, 0.6) is 0 Å². The third-order valence-electron chi connectivity index (χ3n) is 4.27. The number of benzene rings is 1. The summed E-state index contributed by atoms with van der Waals surface area (Å²) in [5.41, 5.74) is 9.12. The second-order valence-corrected chi connectivity index (χ2v) is 5.71. The number of likely N-dealkylation sites (N-methyl/N-ethyl adjacent to an activating group) is 1. The first-order chi connectivity index (χ1) is 8.75. The summed E-state index contributed by atoms with van der Waals surface area (Å²) in [4.78, 5) is 4.89. The highest BCUT2D eigenvalue weighted by Gasteiger charge is 2.31. The van der Waals surface area contributed by atoms with Crippen molar-refractivity contribution >= 4 is 5.69 Å². The van der Waals surface area contributed by atoms with E-state index in [4.69, 9.17) is 5.73 Å². The van der Waals surface area contributed by atoms with E-state index < -0.39 is 0 Å². The van der Waals surface area contributed by atoms with Gasteiger partial charge in [0.05, 0.1) is 0 Å². The van der Waals surface area contributed by atoms with Crippen molar-refractivity contribution in [3.63, 3.8) is 0 Å². The van der Waals surface area contributed by atoms with Crippen molar-refractivity contribution in [2.45, 2.75) is 18.9 Å². The lowest BCUT2D eigenvalue weighted by Gasteiger charge is -2.36. The van der Waals surface area contributed by atoms with Gasteiger partial charge < -0.3 is 15.5 Å². The Kier molecular flexibility index (Phi) is 3.27. The van der Waals surface area contributed by atoms with E-state index in [2.05, 4.69) is 41.1 Å². The smallest absolute Gasteiger partial charge is 0.0415 e. The van der Waals surface area contributed by atoms with E-state index in [1.165, 1.54) is 24.1 Å². The first kappa shape index (κ1) is 12.0. The van der Waals surface area contributed by atoms with E-state index in [1.807, 2.05) is 0 Å². The molecule has 1 saturated heterocycles. The lowest BCUT2D eigenvalue weighted by atomic mass is 10.00. The molecule has 2 N–H and O–H groups in total. The second-order valence-electron chi connectivity index (χ2n) is 5.71. The maximum Gasteiger partial charge on any atom is 0.0415 e. The SMILES string of the molecule is CN1CCN(c2ccccc2[C@@H](N)C2CC2)CC1. The molecule has 98 valence electrons. The molecule has 3 heteroatoms. The highest BCUT2D eigenvalue weighted by Crippen LogP contribution is 2.42. The van der Waals surface area contributed by atoms with Gasteiger partial charge in [-0.1, -0.05) is 18.2 Å². The molecule has 2 fully saturated rings. The standard InChI is InChI=1S/C15H23N3/c1-17-8-10-18(11-9-17)14-5-3-2-4-13(14)15(16)12-6-7-12/h2-5,12,15H,6-11,16H2,1H3/t15-/m0/s1. The van der Waals surface area contributed by atoms with Gasteiger partial charge in [0.15, 0.2) is 0 Å². The van der Waals surface area contributed by atoms with Crippen molar-refractivity contribution in [3.8, 4) is 0 Å². The summed E-state index contributed by atoms with van der Waals surface area (Å²) in [5.74, 6) is 0.721. The van der Waals surface area contributed by atoms with Crippen LogP contribution in [0, 0.1) is 5.92 Å². The fraction of sp³-hybridized carbons (Fsp3) is 0.600. The maximum absolute atomic E-state index is 6.40. The summed E-state index contributed by atoms with van der Waals surface area (Å²) in [6, 6.07) is 8.95. The van der Waals surface area contributed by atoms with Crippen LogP contribution in [-0.4, -0.2) is 38.1 Å². The van der Waals surface area contributed by atoms with Crippen LogP contribution in [0.1, 0.15) is 24.4 Å². The van der Waals surface area contributed by atoms with E-state index in [0.29, 0.717) is 0 Å². The van der Waals surface area contributed by atoms with Gasteiger partial charge in [-0.2, -0.15) is 0 Å². The Morgan fingerprint density at radius 3 is 2.44 bits per heavy atom. The van der Waals surface area contributed by atoms with Gasteiger partial charge >= 0.3 is 0 Å². The number of hydrogen-bond acceptors (Lipinski definition) is 3. The molecule has 3 rings (SSSR count). The Morgan fingerprint density at radius 2 is 1.78 bits per heavy atom. The highest BCUT2D eigenvalue weighted by atomic mass is 15.2. The lowest BCUT2D eigenvalue weighted by Crippen LogP contribution is -2.45. The zero-order chi connectivity index (χ0) is 12.5. The molecule has 0 spiro atoms. The van der Waals surface area contributed by atoms with E-state index in [-0.39, 0.29) is 6.04 Å². The van der Waals surface area contributed by atoms with Crippen LogP contribution in [0.3, 0.4) is 0 Å². The fourth-order valence-electron chi connectivity index (χ4n) is 2.81. The average Bonchev–Trinajstić information content (AvgIpc) is 3.23. The Labute approximate surface area is 110 Å². The van der Waals surface area contributed by atoms with Gasteiger partial charge in [-0.3, -0.25) is 0 Å². The van der Waals surface area contributed by atoms with Crippen LogP contribution >= 0.6 is 0 Å². The third kappa shape index (κ3) is 2.38. The molecule has 1 aromatic rings. The highest BCUT2D eigenvalue weighted by molar-refractivity contribution is 5.55. The molecule has 1 heterocycles. The zero-order valence-electron chi connectivity index (χ0n) is 11.2.